The molecular formula is C54H35NO. The fourth-order valence-corrected chi connectivity index (χ4v) is 8.60. The Morgan fingerprint density at radius 3 is 1.64 bits per heavy atom. The van der Waals surface area contributed by atoms with Gasteiger partial charge in [0.25, 0.3) is 0 Å². The van der Waals surface area contributed by atoms with Crippen LogP contribution in [0, 0.1) is 0 Å². The summed E-state index contributed by atoms with van der Waals surface area (Å²) in [4.78, 5) is 2.36. The number of hydrogen-bond donors (Lipinski definition) is 0. The molecule has 0 unspecified atom stereocenters. The van der Waals surface area contributed by atoms with Crippen LogP contribution in [0.3, 0.4) is 0 Å². The van der Waals surface area contributed by atoms with Crippen molar-refractivity contribution >= 4 is 71.3 Å². The first kappa shape index (κ1) is 32.0. The second kappa shape index (κ2) is 13.2. The molecule has 0 aliphatic heterocycles. The topological polar surface area (TPSA) is 16.4 Å². The van der Waals surface area contributed by atoms with E-state index in [9.17, 15) is 0 Å². The molecule has 2 nitrogen and oxygen atoms in total. The van der Waals surface area contributed by atoms with Crippen molar-refractivity contribution in [1.29, 1.82) is 0 Å². The highest BCUT2D eigenvalue weighted by molar-refractivity contribution is 6.19. The molecule has 10 aromatic carbocycles. The standard InChI is InChI=1S/C54H35NO/c1-3-13-37(14-4-1)48-33-34-51(54-52(48)50-24-12-23-49(53(50)56-54)38-15-5-2-6-16-38)55(43-31-32-47-41(35-43)26-25-39-18-8-10-21-45(39)47)42-29-27-40(28-30-42)46-22-11-19-36-17-7-9-20-44(36)46/h1-35H. The van der Waals surface area contributed by atoms with Gasteiger partial charge in [0, 0.05) is 27.7 Å². The first-order valence-electron chi connectivity index (χ1n) is 19.2. The predicted molar refractivity (Wildman–Crippen MR) is 237 cm³/mol. The number of nitrogens with zero attached hydrogens (tertiary/aromatic N) is 1. The van der Waals surface area contributed by atoms with Crippen molar-refractivity contribution in [1.82, 2.24) is 0 Å². The Morgan fingerprint density at radius 1 is 0.304 bits per heavy atom. The number of fused-ring (bicyclic) bond motifs is 7. The van der Waals surface area contributed by atoms with E-state index in [0.717, 1.165) is 61.3 Å². The molecule has 11 aromatic rings. The molecule has 0 saturated carbocycles. The number of hydrogen-bond acceptors (Lipinski definition) is 2. The Hall–Kier alpha value is -7.42. The predicted octanol–water partition coefficient (Wildman–Crippen LogP) is 15.5. The minimum Gasteiger partial charge on any atom is -0.453 e. The molecule has 56 heavy (non-hydrogen) atoms. The number of furan rings is 1. The molecule has 2 heteroatoms. The fraction of sp³-hybridized carbons (Fsp3) is 0. The van der Waals surface area contributed by atoms with E-state index in [1.807, 2.05) is 0 Å². The minimum absolute atomic E-state index is 0.849. The van der Waals surface area contributed by atoms with Gasteiger partial charge in [-0.2, -0.15) is 0 Å². The van der Waals surface area contributed by atoms with Crippen LogP contribution < -0.4 is 4.90 Å². The zero-order valence-corrected chi connectivity index (χ0v) is 30.6. The first-order chi connectivity index (χ1) is 27.8. The maximum absolute atomic E-state index is 7.20. The second-order valence-corrected chi connectivity index (χ2v) is 14.5. The molecule has 0 radical (unpaired) electrons. The van der Waals surface area contributed by atoms with Gasteiger partial charge in [-0.1, -0.05) is 182 Å². The third kappa shape index (κ3) is 5.26. The van der Waals surface area contributed by atoms with Crippen LogP contribution in [0.25, 0.3) is 87.6 Å². The maximum Gasteiger partial charge on any atom is 0.160 e. The highest BCUT2D eigenvalue weighted by atomic mass is 16.3. The normalized spacial score (nSPS) is 11.6. The highest BCUT2D eigenvalue weighted by Crippen LogP contribution is 2.48. The van der Waals surface area contributed by atoms with Crippen molar-refractivity contribution in [3.05, 3.63) is 212 Å². The molecule has 0 N–H and O–H groups in total. The molecule has 0 bridgehead atoms. The molecule has 262 valence electrons. The molecule has 0 saturated heterocycles. The lowest BCUT2D eigenvalue weighted by Gasteiger charge is -2.27. The van der Waals surface area contributed by atoms with Crippen molar-refractivity contribution in [3.63, 3.8) is 0 Å². The molecule has 0 aliphatic carbocycles. The van der Waals surface area contributed by atoms with Gasteiger partial charge >= 0.3 is 0 Å². The van der Waals surface area contributed by atoms with Crippen molar-refractivity contribution in [3.8, 4) is 33.4 Å². The first-order valence-corrected chi connectivity index (χ1v) is 19.2. The summed E-state index contributed by atoms with van der Waals surface area (Å²) in [5.41, 5.74) is 11.7. The summed E-state index contributed by atoms with van der Waals surface area (Å²) in [6.45, 7) is 0. The van der Waals surface area contributed by atoms with Crippen LogP contribution in [0.15, 0.2) is 217 Å². The van der Waals surface area contributed by atoms with E-state index in [4.69, 9.17) is 4.42 Å². The summed E-state index contributed by atoms with van der Waals surface area (Å²) in [5, 5.41) is 9.59. The molecule has 0 aliphatic rings. The zero-order chi connectivity index (χ0) is 37.0. The van der Waals surface area contributed by atoms with Gasteiger partial charge in [-0.15, -0.1) is 0 Å². The van der Waals surface area contributed by atoms with E-state index < -0.39 is 0 Å². The second-order valence-electron chi connectivity index (χ2n) is 14.5. The number of para-hydroxylation sites is 1. The van der Waals surface area contributed by atoms with Crippen molar-refractivity contribution in [2.45, 2.75) is 0 Å². The largest absolute Gasteiger partial charge is 0.453 e. The van der Waals surface area contributed by atoms with Gasteiger partial charge in [0.2, 0.25) is 0 Å². The van der Waals surface area contributed by atoms with Crippen molar-refractivity contribution in [2.75, 3.05) is 4.90 Å². The quantitative estimate of drug-likeness (QED) is 0.160. The molecule has 0 fully saturated rings. The van der Waals surface area contributed by atoms with Gasteiger partial charge in [-0.25, -0.2) is 0 Å². The Kier molecular flexibility index (Phi) is 7.53. The molecule has 0 amide bonds. The summed E-state index contributed by atoms with van der Waals surface area (Å²) < 4.78 is 7.20. The van der Waals surface area contributed by atoms with E-state index in [-0.39, 0.29) is 0 Å². The van der Waals surface area contributed by atoms with E-state index >= 15 is 0 Å². The third-order valence-corrected chi connectivity index (χ3v) is 11.2. The summed E-state index contributed by atoms with van der Waals surface area (Å²) in [6.07, 6.45) is 0. The Labute approximate surface area is 325 Å². The lowest BCUT2D eigenvalue weighted by atomic mass is 9.96. The Bertz CT molecular complexity index is 3230. The monoisotopic (exact) mass is 713 g/mol. The van der Waals surface area contributed by atoms with Crippen LogP contribution in [0.4, 0.5) is 17.1 Å². The summed E-state index contributed by atoms with van der Waals surface area (Å²) in [5.74, 6) is 0. The van der Waals surface area contributed by atoms with Gasteiger partial charge in [-0.05, 0) is 90.5 Å². The molecule has 0 spiro atoms. The van der Waals surface area contributed by atoms with Crippen molar-refractivity contribution in [2.24, 2.45) is 0 Å². The van der Waals surface area contributed by atoms with Gasteiger partial charge in [0.05, 0.1) is 5.69 Å². The average Bonchev–Trinajstić information content (AvgIpc) is 3.67. The van der Waals surface area contributed by atoms with Gasteiger partial charge in [0.15, 0.2) is 5.58 Å². The van der Waals surface area contributed by atoms with Gasteiger partial charge in [-0.3, -0.25) is 0 Å². The van der Waals surface area contributed by atoms with Gasteiger partial charge < -0.3 is 9.32 Å². The fourth-order valence-electron chi connectivity index (χ4n) is 8.60. The highest BCUT2D eigenvalue weighted by Gasteiger charge is 2.24. The molecule has 1 aromatic heterocycles. The molecular weight excluding hydrogens is 679 g/mol. The van der Waals surface area contributed by atoms with Gasteiger partial charge in [0.1, 0.15) is 5.58 Å². The lowest BCUT2D eigenvalue weighted by molar-refractivity contribution is 0.670. The maximum atomic E-state index is 7.20. The van der Waals surface area contributed by atoms with Crippen LogP contribution in [0.2, 0.25) is 0 Å². The molecule has 0 atom stereocenters. The van der Waals surface area contributed by atoms with Crippen molar-refractivity contribution < 1.29 is 4.42 Å². The van der Waals surface area contributed by atoms with Crippen LogP contribution in [-0.2, 0) is 0 Å². The molecule has 11 rings (SSSR count). The Balaban J connectivity index is 1.17. The van der Waals surface area contributed by atoms with Crippen LogP contribution in [0.1, 0.15) is 0 Å². The summed E-state index contributed by atoms with van der Waals surface area (Å²) >= 11 is 0. The van der Waals surface area contributed by atoms with Crippen LogP contribution >= 0.6 is 0 Å². The smallest absolute Gasteiger partial charge is 0.160 e. The van der Waals surface area contributed by atoms with Crippen LogP contribution in [-0.4, -0.2) is 0 Å². The Morgan fingerprint density at radius 2 is 0.857 bits per heavy atom. The minimum atomic E-state index is 0.849. The molecule has 1 heterocycles. The third-order valence-electron chi connectivity index (χ3n) is 11.2. The number of benzene rings is 10. The number of rotatable bonds is 6. The van der Waals surface area contributed by atoms with E-state index in [1.54, 1.807) is 0 Å². The van der Waals surface area contributed by atoms with E-state index in [2.05, 4.69) is 217 Å². The van der Waals surface area contributed by atoms with Crippen LogP contribution in [0.5, 0.6) is 0 Å². The summed E-state index contributed by atoms with van der Waals surface area (Å²) in [7, 11) is 0. The lowest BCUT2D eigenvalue weighted by Crippen LogP contribution is -2.10. The summed E-state index contributed by atoms with van der Waals surface area (Å²) in [6, 6.07) is 76.3. The van der Waals surface area contributed by atoms with E-state index in [0.29, 0.717) is 0 Å². The number of anilines is 3. The average molecular weight is 714 g/mol. The zero-order valence-electron chi connectivity index (χ0n) is 30.6. The van der Waals surface area contributed by atoms with E-state index in [1.165, 1.54) is 43.4 Å². The SMILES string of the molecule is c1ccc(-c2cccc3c2oc2c(N(c4ccc(-c5cccc6ccccc56)cc4)c4ccc5c(ccc6ccccc65)c4)ccc(-c4ccccc4)c23)cc1.